The lowest BCUT2D eigenvalue weighted by atomic mass is 9.79. The summed E-state index contributed by atoms with van der Waals surface area (Å²) in [7, 11) is -0.330. The SMILES string of the molecule is Brc1ccc(I)cc1.CC(C)(C)OC(=O)NC1CCN(c2ccc(Br)cc2)CC1.CC(C)(C)OC(=O)NC1CCNCC1.CCOC(=O)NC1CCN(c2ccc(B3OC(C)(C)C(C)(C)O3)cc2)CC1.CCOC(=O)NC1CCN(c2ccc(Br)cc2)CC1.NC1CCN(c2ccc(Br)cc2)CC1. The van der Waals surface area contributed by atoms with E-state index in [0.29, 0.717) is 19.3 Å². The van der Waals surface area contributed by atoms with E-state index in [1.165, 1.54) is 26.3 Å². The van der Waals surface area contributed by atoms with Crippen LogP contribution >= 0.6 is 86.3 Å². The molecule has 0 radical (unpaired) electrons. The number of nitrogens with one attached hydrogen (secondary N) is 5. The third-order valence-corrected chi connectivity index (χ3v) is 21.0. The van der Waals surface area contributed by atoms with Gasteiger partial charge >= 0.3 is 31.5 Å². The van der Waals surface area contributed by atoms with Gasteiger partial charge in [0, 0.05) is 127 Å². The third-order valence-electron chi connectivity index (χ3n) is 18.2. The number of carbonyl (C=O) groups is 4. The molecule has 7 N–H and O–H groups in total. The summed E-state index contributed by atoms with van der Waals surface area (Å²) in [6, 6.07) is 43.0. The zero-order valence-corrected chi connectivity index (χ0v) is 70.9. The highest BCUT2D eigenvalue weighted by Gasteiger charge is 2.51. The molecule has 103 heavy (non-hydrogen) atoms. The lowest BCUT2D eigenvalue weighted by Crippen LogP contribution is -2.46. The van der Waals surface area contributed by atoms with Crippen LogP contribution < -0.4 is 57.4 Å². The van der Waals surface area contributed by atoms with Gasteiger partial charge in [0.25, 0.3) is 0 Å². The van der Waals surface area contributed by atoms with E-state index in [1.54, 1.807) is 0 Å². The Morgan fingerprint density at radius 2 is 0.718 bits per heavy atom. The summed E-state index contributed by atoms with van der Waals surface area (Å²) in [6.45, 7) is 33.7. The van der Waals surface area contributed by atoms with Gasteiger partial charge in [-0.15, -0.1) is 0 Å². The highest BCUT2D eigenvalue weighted by molar-refractivity contribution is 14.1. The summed E-state index contributed by atoms with van der Waals surface area (Å²) in [5.74, 6) is 0. The fourth-order valence-corrected chi connectivity index (χ4v) is 13.2. The van der Waals surface area contributed by atoms with Crippen LogP contribution in [-0.4, -0.2) is 163 Å². The largest absolute Gasteiger partial charge is 0.494 e. The second kappa shape index (κ2) is 43.1. The van der Waals surface area contributed by atoms with Gasteiger partial charge in [0.1, 0.15) is 11.2 Å². The molecule has 0 aromatic heterocycles. The van der Waals surface area contributed by atoms with E-state index in [4.69, 9.17) is 34.0 Å². The zero-order valence-electron chi connectivity index (χ0n) is 62.4. The third kappa shape index (κ3) is 32.5. The van der Waals surface area contributed by atoms with Crippen molar-refractivity contribution in [2.24, 2.45) is 5.73 Å². The van der Waals surface area contributed by atoms with E-state index in [9.17, 15) is 19.2 Å². The Bertz CT molecular complexity index is 3270. The number of benzene rings is 5. The van der Waals surface area contributed by atoms with Gasteiger partial charge in [0.15, 0.2) is 0 Å². The van der Waals surface area contributed by atoms with Gasteiger partial charge in [0.05, 0.1) is 24.4 Å². The molecule has 6 fully saturated rings. The Morgan fingerprint density at radius 1 is 0.456 bits per heavy atom. The smallest absolute Gasteiger partial charge is 0.450 e. The van der Waals surface area contributed by atoms with Crippen LogP contribution in [0.4, 0.5) is 41.9 Å². The predicted octanol–water partition coefficient (Wildman–Crippen LogP) is 16.5. The van der Waals surface area contributed by atoms with Gasteiger partial charge in [-0.1, -0.05) is 75.9 Å². The molecule has 6 aliphatic heterocycles. The predicted molar refractivity (Wildman–Crippen MR) is 442 cm³/mol. The maximum Gasteiger partial charge on any atom is 0.494 e. The van der Waals surface area contributed by atoms with E-state index in [2.05, 4.69) is 269 Å². The number of piperidine rings is 5. The Morgan fingerprint density at radius 3 is 1.00 bits per heavy atom. The Labute approximate surface area is 661 Å². The van der Waals surface area contributed by atoms with Crippen LogP contribution in [0.3, 0.4) is 0 Å². The van der Waals surface area contributed by atoms with E-state index in [1.807, 2.05) is 67.5 Å². The van der Waals surface area contributed by atoms with Crippen LogP contribution in [0.1, 0.15) is 147 Å². The quantitative estimate of drug-likeness (QED) is 0.0411. The molecule has 26 heteroatoms. The number of rotatable bonds is 11. The van der Waals surface area contributed by atoms with Crippen molar-refractivity contribution in [2.75, 3.05) is 98.3 Å². The number of ether oxygens (including phenoxy) is 4. The topological polar surface area (TPSA) is 223 Å². The zero-order chi connectivity index (χ0) is 75.3. The normalized spacial score (nSPS) is 18.0. The fraction of sp³-hybridized carbons (Fsp3) is 0.558. The molecule has 0 bridgehead atoms. The molecule has 20 nitrogen and oxygen atoms in total. The number of carbonyl (C=O) groups excluding carboxylic acids is 4. The van der Waals surface area contributed by atoms with Crippen LogP contribution in [0.2, 0.25) is 0 Å². The van der Waals surface area contributed by atoms with Crippen molar-refractivity contribution < 1.29 is 47.4 Å². The number of nitrogens with two attached hydrogens (primary N) is 1. The van der Waals surface area contributed by atoms with Gasteiger partial charge in [-0.25, -0.2) is 19.2 Å². The number of nitrogens with zero attached hydrogens (tertiary/aromatic N) is 4. The first-order valence-corrected chi connectivity index (χ1v) is 40.5. The van der Waals surface area contributed by atoms with E-state index in [-0.39, 0.29) is 66.9 Å². The maximum atomic E-state index is 11.8. The highest BCUT2D eigenvalue weighted by atomic mass is 127. The molecule has 5 aromatic carbocycles. The molecule has 0 saturated carbocycles. The molecule has 0 unspecified atom stereocenters. The van der Waals surface area contributed by atoms with Crippen molar-refractivity contribution in [3.8, 4) is 0 Å². The minimum Gasteiger partial charge on any atom is -0.450 e. The average molecular weight is 1800 g/mol. The van der Waals surface area contributed by atoms with Crippen molar-refractivity contribution in [3.63, 3.8) is 0 Å². The van der Waals surface area contributed by atoms with Gasteiger partial charge in [0.2, 0.25) is 0 Å². The fourth-order valence-electron chi connectivity index (χ4n) is 11.8. The number of anilines is 4. The first kappa shape index (κ1) is 86.9. The van der Waals surface area contributed by atoms with Gasteiger partial charge in [-0.05, 0) is 298 Å². The molecular weight excluding hydrogens is 1680 g/mol. The van der Waals surface area contributed by atoms with E-state index in [0.717, 1.165) is 153 Å². The monoisotopic (exact) mass is 1790 g/mol. The lowest BCUT2D eigenvalue weighted by molar-refractivity contribution is 0.00578. The molecule has 0 aliphatic carbocycles. The Balaban J connectivity index is 0.000000200. The molecule has 5 aromatic rings. The van der Waals surface area contributed by atoms with Crippen molar-refractivity contribution in [1.82, 2.24) is 26.6 Å². The molecule has 11 rings (SSSR count). The minimum absolute atomic E-state index is 0.185. The first-order valence-electron chi connectivity index (χ1n) is 36.2. The molecular formula is C77H112BBr4IN10O10. The van der Waals surface area contributed by atoms with E-state index >= 15 is 0 Å². The Kier molecular flexibility index (Phi) is 36.3. The van der Waals surface area contributed by atoms with Crippen molar-refractivity contribution in [2.45, 2.75) is 200 Å². The number of amides is 4. The summed E-state index contributed by atoms with van der Waals surface area (Å²) < 4.78 is 38.3. The van der Waals surface area contributed by atoms with Crippen LogP contribution in [0.15, 0.2) is 139 Å². The molecule has 6 heterocycles. The highest BCUT2D eigenvalue weighted by Crippen LogP contribution is 2.37. The second-order valence-corrected chi connectivity index (χ2v) is 34.1. The average Bonchev–Trinajstić information content (AvgIpc) is 1.63. The van der Waals surface area contributed by atoms with Crippen molar-refractivity contribution in [3.05, 3.63) is 143 Å². The molecule has 0 atom stereocenters. The van der Waals surface area contributed by atoms with Crippen LogP contribution in [0.25, 0.3) is 0 Å². The van der Waals surface area contributed by atoms with Crippen molar-refractivity contribution >= 4 is 146 Å². The van der Waals surface area contributed by atoms with Crippen LogP contribution in [0, 0.1) is 3.57 Å². The van der Waals surface area contributed by atoms with Gasteiger partial charge in [-0.3, -0.25) is 0 Å². The molecule has 6 aliphatic rings. The maximum absolute atomic E-state index is 11.8. The van der Waals surface area contributed by atoms with Crippen LogP contribution in [-0.2, 0) is 28.3 Å². The minimum atomic E-state index is -0.442. The lowest BCUT2D eigenvalue weighted by Gasteiger charge is -2.34. The summed E-state index contributed by atoms with van der Waals surface area (Å²) in [5, 5.41) is 14.9. The van der Waals surface area contributed by atoms with Crippen LogP contribution in [0.5, 0.6) is 0 Å². The van der Waals surface area contributed by atoms with Gasteiger partial charge in [-0.2, -0.15) is 0 Å². The number of hydrogen-bond donors (Lipinski definition) is 6. The number of halogens is 5. The molecule has 4 amide bonds. The number of hydrogen-bond acceptors (Lipinski definition) is 16. The Hall–Kier alpha value is -5.07. The molecule has 568 valence electrons. The molecule has 6 saturated heterocycles. The number of alkyl carbamates (subject to hydrolysis) is 4. The summed E-state index contributed by atoms with van der Waals surface area (Å²) >= 11 is 15.9. The molecule has 0 spiro atoms. The standard InChI is InChI=1S/C20H31BN2O4.C16H23BrN2O2.C14H19BrN2O2.C11H15BrN2.C10H20N2O2.C6H4BrI/c1-6-25-18(24)22-16-11-13-23(14-12-16)17-9-7-15(8-10-17)21-26-19(2,3)20(4,5)27-21;1-16(2,3)21-15(20)18-13-8-10-19(11-9-13)14-6-4-12(17)5-7-14;1-2-19-14(18)16-12-7-9-17(10-8-12)13-5-3-11(15)4-6-13;12-9-1-3-11(4-2-9)14-7-5-10(13)6-8-14;1-10(2,3)14-9(13)12-8-4-6-11-7-5-8;7-5-1-3-6(8)4-2-5/h7-10,16H,6,11-14H2,1-5H3,(H,22,24);4-7,13H,8-11H2,1-3H3,(H,18,20);3-6,12H,2,7-10H2,1H3,(H,16,18);1-4,10H,5-8,13H2;8,11H,4-7H2,1-3H3,(H,12,13);1-4H. The summed E-state index contributed by atoms with van der Waals surface area (Å²) in [5.41, 5.74) is 10.4. The van der Waals surface area contributed by atoms with Crippen molar-refractivity contribution in [1.29, 1.82) is 0 Å². The second-order valence-electron chi connectivity index (χ2n) is 29.2. The first-order chi connectivity index (χ1) is 48.7. The van der Waals surface area contributed by atoms with Gasteiger partial charge < -0.3 is 80.2 Å². The summed E-state index contributed by atoms with van der Waals surface area (Å²) in [4.78, 5) is 55.5. The van der Waals surface area contributed by atoms with E-state index < -0.39 is 11.2 Å². The summed E-state index contributed by atoms with van der Waals surface area (Å²) in [6.07, 6.45) is 8.57.